The van der Waals surface area contributed by atoms with Gasteiger partial charge in [0.2, 0.25) is 0 Å². The summed E-state index contributed by atoms with van der Waals surface area (Å²) in [4.78, 5) is 23.8. The monoisotopic (exact) mass is 311 g/mol. The van der Waals surface area contributed by atoms with Crippen molar-refractivity contribution in [3.8, 4) is 0 Å². The molecule has 0 saturated carbocycles. The zero-order valence-electron chi connectivity index (χ0n) is 13.6. The van der Waals surface area contributed by atoms with Crippen LogP contribution in [0.15, 0.2) is 42.5 Å². The Labute approximate surface area is 136 Å². The fourth-order valence-corrected chi connectivity index (χ4v) is 2.62. The quantitative estimate of drug-likeness (QED) is 0.892. The average Bonchev–Trinajstić information content (AvgIpc) is 2.45. The van der Waals surface area contributed by atoms with Crippen LogP contribution in [0.25, 0.3) is 0 Å². The van der Waals surface area contributed by atoms with Crippen LogP contribution in [-0.4, -0.2) is 23.0 Å². The van der Waals surface area contributed by atoms with Crippen molar-refractivity contribution in [1.82, 2.24) is 5.32 Å². The molecule has 0 aliphatic carbocycles. The summed E-state index contributed by atoms with van der Waals surface area (Å²) < 4.78 is 0. The fourth-order valence-electron chi connectivity index (χ4n) is 2.62. The Bertz CT molecular complexity index is 717. The van der Waals surface area contributed by atoms with Crippen molar-refractivity contribution in [1.29, 1.82) is 0 Å². The third-order valence-corrected chi connectivity index (χ3v) is 3.61. The van der Waals surface area contributed by atoms with Gasteiger partial charge in [-0.15, -0.1) is 0 Å². The molecule has 2 N–H and O–H groups in total. The van der Waals surface area contributed by atoms with Gasteiger partial charge in [0, 0.05) is 12.0 Å². The summed E-state index contributed by atoms with van der Waals surface area (Å²) in [5.74, 6) is -1.40. The summed E-state index contributed by atoms with van der Waals surface area (Å²) in [6.07, 6.45) is 0.257. The van der Waals surface area contributed by atoms with E-state index in [-0.39, 0.29) is 12.3 Å². The van der Waals surface area contributed by atoms with Crippen LogP contribution in [-0.2, 0) is 11.2 Å². The summed E-state index contributed by atoms with van der Waals surface area (Å²) in [6.45, 7) is 5.77. The summed E-state index contributed by atoms with van der Waals surface area (Å²) in [5, 5.41) is 12.0. The molecule has 0 saturated heterocycles. The topological polar surface area (TPSA) is 66.4 Å². The van der Waals surface area contributed by atoms with Crippen LogP contribution in [0.5, 0.6) is 0 Å². The normalized spacial score (nSPS) is 11.8. The first-order valence-electron chi connectivity index (χ1n) is 7.52. The van der Waals surface area contributed by atoms with Crippen molar-refractivity contribution in [3.63, 3.8) is 0 Å². The summed E-state index contributed by atoms with van der Waals surface area (Å²) in [5.41, 5.74) is 4.38. The Morgan fingerprint density at radius 3 is 2.22 bits per heavy atom. The molecule has 0 aromatic heterocycles. The first-order chi connectivity index (χ1) is 10.8. The molecule has 2 aromatic rings. The minimum atomic E-state index is -1.04. The predicted octanol–water partition coefficient (Wildman–Crippen LogP) is 3.04. The molecule has 2 aromatic carbocycles. The molecule has 1 amide bonds. The van der Waals surface area contributed by atoms with Gasteiger partial charge in [0.15, 0.2) is 0 Å². The van der Waals surface area contributed by atoms with Crippen LogP contribution in [0.4, 0.5) is 0 Å². The van der Waals surface area contributed by atoms with Crippen LogP contribution < -0.4 is 5.32 Å². The van der Waals surface area contributed by atoms with Crippen molar-refractivity contribution in [2.24, 2.45) is 0 Å². The molecule has 0 fully saturated rings. The molecule has 4 heteroatoms. The van der Waals surface area contributed by atoms with E-state index in [1.54, 1.807) is 12.1 Å². The lowest BCUT2D eigenvalue weighted by Gasteiger charge is -2.15. The summed E-state index contributed by atoms with van der Waals surface area (Å²) in [7, 11) is 0. The number of benzene rings is 2. The molecule has 0 aliphatic heterocycles. The highest BCUT2D eigenvalue weighted by molar-refractivity contribution is 5.97. The van der Waals surface area contributed by atoms with Gasteiger partial charge in [0.05, 0.1) is 0 Å². The predicted molar refractivity (Wildman–Crippen MR) is 89.7 cm³/mol. The minimum absolute atomic E-state index is 0.257. The molecule has 23 heavy (non-hydrogen) atoms. The number of hydrogen-bond donors (Lipinski definition) is 2. The highest BCUT2D eigenvalue weighted by Gasteiger charge is 2.21. The lowest BCUT2D eigenvalue weighted by molar-refractivity contribution is -0.139. The molecule has 2 rings (SSSR count). The maximum Gasteiger partial charge on any atom is 0.326 e. The Kier molecular flexibility index (Phi) is 5.16. The van der Waals surface area contributed by atoms with E-state index in [1.165, 1.54) is 0 Å². The van der Waals surface area contributed by atoms with Crippen molar-refractivity contribution in [2.45, 2.75) is 33.2 Å². The molecule has 0 heterocycles. The molecule has 0 bridgehead atoms. The van der Waals surface area contributed by atoms with E-state index < -0.39 is 12.0 Å². The van der Waals surface area contributed by atoms with Crippen LogP contribution >= 0.6 is 0 Å². The number of aryl methyl sites for hydroxylation is 3. The smallest absolute Gasteiger partial charge is 0.326 e. The van der Waals surface area contributed by atoms with Crippen LogP contribution in [0.2, 0.25) is 0 Å². The van der Waals surface area contributed by atoms with E-state index in [2.05, 4.69) is 5.32 Å². The summed E-state index contributed by atoms with van der Waals surface area (Å²) >= 11 is 0. The van der Waals surface area contributed by atoms with E-state index >= 15 is 0 Å². The molecular formula is C19H21NO3. The third kappa shape index (κ3) is 4.68. The van der Waals surface area contributed by atoms with Gasteiger partial charge in [0.25, 0.3) is 5.91 Å². The number of carboxylic acids is 1. The molecule has 0 unspecified atom stereocenters. The molecule has 0 aliphatic rings. The SMILES string of the molecule is Cc1cccc(C[C@H](NC(=O)c2cc(C)cc(C)c2)C(=O)O)c1. The second-order valence-electron chi connectivity index (χ2n) is 5.93. The molecular weight excluding hydrogens is 290 g/mol. The van der Waals surface area contributed by atoms with E-state index in [1.807, 2.05) is 51.1 Å². The van der Waals surface area contributed by atoms with Gasteiger partial charge in [-0.1, -0.05) is 47.0 Å². The maximum atomic E-state index is 12.3. The zero-order valence-corrected chi connectivity index (χ0v) is 13.6. The van der Waals surface area contributed by atoms with Gasteiger partial charge < -0.3 is 10.4 Å². The van der Waals surface area contributed by atoms with Crippen molar-refractivity contribution < 1.29 is 14.7 Å². The van der Waals surface area contributed by atoms with Gasteiger partial charge in [-0.2, -0.15) is 0 Å². The van der Waals surface area contributed by atoms with Gasteiger partial charge in [-0.3, -0.25) is 4.79 Å². The van der Waals surface area contributed by atoms with Crippen LogP contribution in [0, 0.1) is 20.8 Å². The second kappa shape index (κ2) is 7.09. The Morgan fingerprint density at radius 1 is 1.00 bits per heavy atom. The number of nitrogens with one attached hydrogen (secondary N) is 1. The number of carbonyl (C=O) groups excluding carboxylic acids is 1. The zero-order chi connectivity index (χ0) is 17.0. The highest BCUT2D eigenvalue weighted by Crippen LogP contribution is 2.11. The number of amides is 1. The van der Waals surface area contributed by atoms with Crippen LogP contribution in [0.3, 0.4) is 0 Å². The van der Waals surface area contributed by atoms with Crippen LogP contribution in [0.1, 0.15) is 32.6 Å². The molecule has 0 radical (unpaired) electrons. The third-order valence-electron chi connectivity index (χ3n) is 3.61. The summed E-state index contributed by atoms with van der Waals surface area (Å²) in [6, 6.07) is 12.2. The van der Waals surface area contributed by atoms with Gasteiger partial charge >= 0.3 is 5.97 Å². The average molecular weight is 311 g/mol. The molecule has 4 nitrogen and oxygen atoms in total. The lowest BCUT2D eigenvalue weighted by Crippen LogP contribution is -2.42. The highest BCUT2D eigenvalue weighted by atomic mass is 16.4. The number of carbonyl (C=O) groups is 2. The Balaban J connectivity index is 2.15. The van der Waals surface area contributed by atoms with Gasteiger partial charge in [-0.05, 0) is 38.5 Å². The standard InChI is InChI=1S/C19H21NO3/c1-12-5-4-6-15(8-12)11-17(19(22)23)20-18(21)16-9-13(2)7-14(3)10-16/h4-10,17H,11H2,1-3H3,(H,20,21)(H,22,23)/t17-/m0/s1. The Morgan fingerprint density at radius 2 is 1.65 bits per heavy atom. The van der Waals surface area contributed by atoms with Gasteiger partial charge in [0.1, 0.15) is 6.04 Å². The number of rotatable bonds is 5. The Hall–Kier alpha value is -2.62. The first-order valence-corrected chi connectivity index (χ1v) is 7.52. The molecule has 0 spiro atoms. The molecule has 1 atom stereocenters. The second-order valence-corrected chi connectivity index (χ2v) is 5.93. The van der Waals surface area contributed by atoms with E-state index in [9.17, 15) is 14.7 Å². The van der Waals surface area contributed by atoms with E-state index in [0.29, 0.717) is 5.56 Å². The number of carboxylic acid groups (broad SMARTS) is 1. The van der Waals surface area contributed by atoms with Gasteiger partial charge in [-0.25, -0.2) is 4.79 Å². The van der Waals surface area contributed by atoms with Crippen molar-refractivity contribution in [2.75, 3.05) is 0 Å². The fraction of sp³-hybridized carbons (Fsp3) is 0.263. The first kappa shape index (κ1) is 16.7. The largest absolute Gasteiger partial charge is 0.480 e. The van der Waals surface area contributed by atoms with E-state index in [0.717, 1.165) is 22.3 Å². The number of aliphatic carboxylic acids is 1. The van der Waals surface area contributed by atoms with E-state index in [4.69, 9.17) is 0 Å². The van der Waals surface area contributed by atoms with Crippen molar-refractivity contribution >= 4 is 11.9 Å². The number of hydrogen-bond acceptors (Lipinski definition) is 2. The minimum Gasteiger partial charge on any atom is -0.480 e. The molecule has 120 valence electrons. The maximum absolute atomic E-state index is 12.3. The lowest BCUT2D eigenvalue weighted by atomic mass is 10.0. The van der Waals surface area contributed by atoms with Crippen molar-refractivity contribution in [3.05, 3.63) is 70.3 Å².